The summed E-state index contributed by atoms with van der Waals surface area (Å²) in [6, 6.07) is 4.01. The average molecular weight is 414 g/mol. The summed E-state index contributed by atoms with van der Waals surface area (Å²) in [7, 11) is -5.82. The van der Waals surface area contributed by atoms with Crippen molar-refractivity contribution in [3.8, 4) is 5.75 Å². The summed E-state index contributed by atoms with van der Waals surface area (Å²) in [4.78, 5) is 0.0261. The zero-order valence-electron chi connectivity index (χ0n) is 14.4. The highest BCUT2D eigenvalue weighted by molar-refractivity contribution is 7.92. The van der Waals surface area contributed by atoms with Crippen LogP contribution < -0.4 is 14.8 Å². The van der Waals surface area contributed by atoms with Crippen molar-refractivity contribution < 1.29 is 21.6 Å². The third-order valence-corrected chi connectivity index (χ3v) is 7.20. The monoisotopic (exact) mass is 413 g/mol. The van der Waals surface area contributed by atoms with Crippen molar-refractivity contribution in [3.63, 3.8) is 0 Å². The molecule has 1 aromatic rings. The molecule has 2 rings (SSSR count). The molecule has 1 aliphatic rings. The van der Waals surface area contributed by atoms with Crippen molar-refractivity contribution in [3.05, 3.63) is 18.2 Å². The van der Waals surface area contributed by atoms with Gasteiger partial charge in [-0.05, 0) is 26.0 Å². The highest BCUT2D eigenvalue weighted by Gasteiger charge is 2.33. The van der Waals surface area contributed by atoms with Gasteiger partial charge in [0.2, 0.25) is 20.0 Å². The van der Waals surface area contributed by atoms with Gasteiger partial charge in [0.05, 0.1) is 18.6 Å². The standard InChI is InChI=1S/C14H23N3O5S2.ClH/c1-4-23(18,19)16-12-5-6-14(13(9-12)22-3)24(20,21)17-8-7-15-10-11(17)2;/h5-6,9,11,15-16H,4,7-8,10H2,1-3H3;1H. The first-order valence-electron chi connectivity index (χ1n) is 7.62. The number of ether oxygens (including phenoxy) is 1. The topological polar surface area (TPSA) is 105 Å². The Bertz CT molecular complexity index is 799. The number of anilines is 1. The summed E-state index contributed by atoms with van der Waals surface area (Å²) >= 11 is 0. The minimum Gasteiger partial charge on any atom is -0.495 e. The van der Waals surface area contributed by atoms with Crippen LogP contribution in [0, 0.1) is 0 Å². The first kappa shape index (κ1) is 22.0. The zero-order chi connectivity index (χ0) is 18.0. The van der Waals surface area contributed by atoms with Crippen LogP contribution in [0.3, 0.4) is 0 Å². The van der Waals surface area contributed by atoms with Crippen LogP contribution in [-0.4, -0.2) is 59.7 Å². The number of halogens is 1. The third-order valence-electron chi connectivity index (χ3n) is 3.84. The maximum absolute atomic E-state index is 12.9. The molecule has 2 N–H and O–H groups in total. The summed E-state index contributed by atoms with van der Waals surface area (Å²) in [6.07, 6.45) is 0. The second-order valence-corrected chi connectivity index (χ2v) is 9.41. The molecule has 0 amide bonds. The number of rotatable bonds is 6. The first-order valence-corrected chi connectivity index (χ1v) is 10.7. The Morgan fingerprint density at radius 1 is 1.32 bits per heavy atom. The molecule has 0 spiro atoms. The van der Waals surface area contributed by atoms with Crippen LogP contribution in [0.5, 0.6) is 5.75 Å². The summed E-state index contributed by atoms with van der Waals surface area (Å²) in [5, 5.41) is 3.14. The van der Waals surface area contributed by atoms with E-state index in [1.165, 1.54) is 36.5 Å². The molecule has 1 saturated heterocycles. The van der Waals surface area contributed by atoms with Gasteiger partial charge in [-0.2, -0.15) is 4.31 Å². The Morgan fingerprint density at radius 3 is 2.56 bits per heavy atom. The fraction of sp³-hybridized carbons (Fsp3) is 0.571. The van der Waals surface area contributed by atoms with Crippen molar-refractivity contribution >= 4 is 38.1 Å². The largest absolute Gasteiger partial charge is 0.495 e. The summed E-state index contributed by atoms with van der Waals surface area (Å²) in [6.45, 7) is 4.89. The minimum atomic E-state index is -3.73. The molecule has 1 atom stereocenters. The highest BCUT2D eigenvalue weighted by Crippen LogP contribution is 2.31. The molecule has 1 heterocycles. The maximum atomic E-state index is 12.9. The van der Waals surface area contributed by atoms with Crippen molar-refractivity contribution in [1.82, 2.24) is 9.62 Å². The molecule has 11 heteroatoms. The van der Waals surface area contributed by atoms with Crippen LogP contribution in [-0.2, 0) is 20.0 Å². The first-order chi connectivity index (χ1) is 11.2. The summed E-state index contributed by atoms with van der Waals surface area (Å²) in [5.41, 5.74) is 0.265. The van der Waals surface area contributed by atoms with Gasteiger partial charge >= 0.3 is 0 Å². The van der Waals surface area contributed by atoms with Gasteiger partial charge in [0.25, 0.3) is 0 Å². The predicted octanol–water partition coefficient (Wildman–Crippen LogP) is 0.861. The average Bonchev–Trinajstić information content (AvgIpc) is 2.54. The van der Waals surface area contributed by atoms with Crippen LogP contribution in [0.15, 0.2) is 23.1 Å². The molecule has 0 radical (unpaired) electrons. The number of benzene rings is 1. The van der Waals surface area contributed by atoms with Gasteiger partial charge in [0, 0.05) is 31.7 Å². The van der Waals surface area contributed by atoms with E-state index < -0.39 is 20.0 Å². The number of nitrogens with zero attached hydrogens (tertiary/aromatic N) is 1. The lowest BCUT2D eigenvalue weighted by molar-refractivity contribution is 0.282. The van der Waals surface area contributed by atoms with Crippen molar-refractivity contribution in [2.24, 2.45) is 0 Å². The normalized spacial score (nSPS) is 19.1. The van der Waals surface area contributed by atoms with Gasteiger partial charge in [-0.15, -0.1) is 12.4 Å². The van der Waals surface area contributed by atoms with E-state index in [1.54, 1.807) is 0 Å². The van der Waals surface area contributed by atoms with Crippen molar-refractivity contribution in [2.45, 2.75) is 24.8 Å². The molecule has 1 aliphatic heterocycles. The predicted molar refractivity (Wildman–Crippen MR) is 99.5 cm³/mol. The molecule has 1 fully saturated rings. The van der Waals surface area contributed by atoms with Crippen LogP contribution >= 0.6 is 12.4 Å². The molecule has 1 aromatic carbocycles. The van der Waals surface area contributed by atoms with E-state index >= 15 is 0 Å². The molecule has 25 heavy (non-hydrogen) atoms. The Balaban J connectivity index is 0.00000312. The number of nitrogens with one attached hydrogen (secondary N) is 2. The van der Waals surface area contributed by atoms with Crippen molar-refractivity contribution in [2.75, 3.05) is 37.2 Å². The highest BCUT2D eigenvalue weighted by atomic mass is 35.5. The van der Waals surface area contributed by atoms with Crippen molar-refractivity contribution in [1.29, 1.82) is 0 Å². The van der Waals surface area contributed by atoms with Gasteiger partial charge in [0.15, 0.2) is 0 Å². The van der Waals surface area contributed by atoms with E-state index in [0.717, 1.165) is 0 Å². The molecular formula is C14H24ClN3O5S2. The van der Waals surface area contributed by atoms with Gasteiger partial charge in [-0.3, -0.25) is 4.72 Å². The number of piperazine rings is 1. The van der Waals surface area contributed by atoms with E-state index in [4.69, 9.17) is 4.74 Å². The number of hydrogen-bond donors (Lipinski definition) is 2. The summed E-state index contributed by atoms with van der Waals surface area (Å²) in [5.74, 6) is 0.0326. The maximum Gasteiger partial charge on any atom is 0.247 e. The Morgan fingerprint density at radius 2 is 2.00 bits per heavy atom. The number of methoxy groups -OCH3 is 1. The number of hydrogen-bond acceptors (Lipinski definition) is 6. The van der Waals surface area contributed by atoms with E-state index in [1.807, 2.05) is 6.92 Å². The molecule has 0 bridgehead atoms. The molecule has 0 aliphatic carbocycles. The minimum absolute atomic E-state index is 0. The van der Waals surface area contributed by atoms with Crippen LogP contribution in [0.2, 0.25) is 0 Å². The molecule has 0 saturated carbocycles. The second kappa shape index (κ2) is 8.54. The van der Waals surface area contributed by atoms with Crippen LogP contribution in [0.1, 0.15) is 13.8 Å². The number of sulfonamides is 2. The molecular weight excluding hydrogens is 390 g/mol. The Hall–Kier alpha value is -1.07. The Kier molecular flexibility index (Phi) is 7.51. The van der Waals surface area contributed by atoms with Gasteiger partial charge in [-0.1, -0.05) is 0 Å². The molecule has 144 valence electrons. The SMILES string of the molecule is CCS(=O)(=O)Nc1ccc(S(=O)(=O)N2CCNCC2C)c(OC)c1.Cl. The fourth-order valence-corrected chi connectivity index (χ4v) is 4.90. The quantitative estimate of drug-likeness (QED) is 0.716. The second-order valence-electron chi connectivity index (χ2n) is 5.54. The smallest absolute Gasteiger partial charge is 0.247 e. The van der Waals surface area contributed by atoms with E-state index in [2.05, 4.69) is 10.0 Å². The zero-order valence-corrected chi connectivity index (χ0v) is 16.8. The lowest BCUT2D eigenvalue weighted by Crippen LogP contribution is -2.52. The molecule has 8 nitrogen and oxygen atoms in total. The van der Waals surface area contributed by atoms with Gasteiger partial charge in [-0.25, -0.2) is 16.8 Å². The fourth-order valence-electron chi connectivity index (χ4n) is 2.50. The lowest BCUT2D eigenvalue weighted by Gasteiger charge is -2.33. The van der Waals surface area contributed by atoms with E-state index in [9.17, 15) is 16.8 Å². The molecule has 1 unspecified atom stereocenters. The van der Waals surface area contributed by atoms with Gasteiger partial charge < -0.3 is 10.1 Å². The lowest BCUT2D eigenvalue weighted by atomic mass is 10.3. The third kappa shape index (κ3) is 4.98. The van der Waals surface area contributed by atoms with Crippen LogP contribution in [0.25, 0.3) is 0 Å². The van der Waals surface area contributed by atoms with Gasteiger partial charge in [0.1, 0.15) is 10.6 Å². The van der Waals surface area contributed by atoms with E-state index in [0.29, 0.717) is 19.6 Å². The van der Waals surface area contributed by atoms with E-state index in [-0.39, 0.29) is 40.5 Å². The van der Waals surface area contributed by atoms with Crippen LogP contribution in [0.4, 0.5) is 5.69 Å². The molecule has 0 aromatic heterocycles. The Labute approximate surface area is 155 Å². The summed E-state index contributed by atoms with van der Waals surface area (Å²) < 4.78 is 58.1.